The van der Waals surface area contributed by atoms with Crippen LogP contribution >= 0.6 is 11.6 Å². The molecule has 0 spiro atoms. The third-order valence-electron chi connectivity index (χ3n) is 3.77. The minimum Gasteiger partial charge on any atom is -0.366 e. The monoisotopic (exact) mass is 338 g/mol. The van der Waals surface area contributed by atoms with Gasteiger partial charge in [-0.3, -0.25) is 0 Å². The number of nitrogens with zero attached hydrogens (tertiary/aromatic N) is 2. The number of hydrogen-bond acceptors (Lipinski definition) is 4. The Morgan fingerprint density at radius 3 is 2.38 bits per heavy atom. The molecule has 2 aromatic carbocycles. The molecular formula is C19H19ClN4. The lowest BCUT2D eigenvalue weighted by atomic mass is 10.1. The van der Waals surface area contributed by atoms with Gasteiger partial charge in [0, 0.05) is 24.3 Å². The van der Waals surface area contributed by atoms with E-state index in [2.05, 4.69) is 39.7 Å². The van der Waals surface area contributed by atoms with Crippen LogP contribution in [0.15, 0.2) is 60.8 Å². The molecule has 1 heterocycles. The quantitative estimate of drug-likeness (QED) is 0.686. The predicted octanol–water partition coefficient (Wildman–Crippen LogP) is 4.66. The number of hydrogen-bond donors (Lipinski definition) is 2. The molecule has 5 heteroatoms. The first kappa shape index (κ1) is 16.3. The number of halogens is 1. The summed E-state index contributed by atoms with van der Waals surface area (Å²) in [6.45, 7) is 3.41. The van der Waals surface area contributed by atoms with E-state index >= 15 is 0 Å². The van der Waals surface area contributed by atoms with Crippen molar-refractivity contribution in [2.24, 2.45) is 0 Å². The second-order valence-electron chi connectivity index (χ2n) is 5.49. The average Bonchev–Trinajstić information content (AvgIpc) is 2.61. The first-order chi connectivity index (χ1) is 11.7. The fourth-order valence-corrected chi connectivity index (χ4v) is 2.56. The molecule has 0 amide bonds. The molecule has 0 aliphatic carbocycles. The van der Waals surface area contributed by atoms with Crippen molar-refractivity contribution < 1.29 is 0 Å². The standard InChI is InChI=1S/C19H19ClN4/c1-14-6-2-3-7-15(14)12-23-19-21-11-10-18(24-19)22-13-16-8-4-5-9-17(16)20/h2-11H,12-13H2,1H3,(H2,21,22,23,24). The lowest BCUT2D eigenvalue weighted by molar-refractivity contribution is 1.03. The van der Waals surface area contributed by atoms with Gasteiger partial charge in [-0.25, -0.2) is 4.98 Å². The lowest BCUT2D eigenvalue weighted by Crippen LogP contribution is -2.07. The Hall–Kier alpha value is -2.59. The van der Waals surface area contributed by atoms with E-state index < -0.39 is 0 Å². The Bertz CT molecular complexity index is 755. The Morgan fingerprint density at radius 1 is 0.875 bits per heavy atom. The Kier molecular flexibility index (Phi) is 5.29. The largest absolute Gasteiger partial charge is 0.366 e. The maximum atomic E-state index is 6.17. The Balaban J connectivity index is 1.62. The molecule has 1 aromatic heterocycles. The fourth-order valence-electron chi connectivity index (χ4n) is 2.35. The highest BCUT2D eigenvalue weighted by molar-refractivity contribution is 6.31. The highest BCUT2D eigenvalue weighted by Gasteiger charge is 2.03. The minimum absolute atomic E-state index is 0.599. The van der Waals surface area contributed by atoms with Crippen LogP contribution in [0.5, 0.6) is 0 Å². The summed E-state index contributed by atoms with van der Waals surface area (Å²) in [7, 11) is 0. The van der Waals surface area contributed by atoms with Gasteiger partial charge in [0.05, 0.1) is 0 Å². The predicted molar refractivity (Wildman–Crippen MR) is 99.3 cm³/mol. The molecule has 3 rings (SSSR count). The van der Waals surface area contributed by atoms with Crippen LogP contribution in [0.4, 0.5) is 11.8 Å². The topological polar surface area (TPSA) is 49.8 Å². The summed E-state index contributed by atoms with van der Waals surface area (Å²) in [5, 5.41) is 7.29. The molecule has 0 unspecified atom stereocenters. The summed E-state index contributed by atoms with van der Waals surface area (Å²) in [4.78, 5) is 8.75. The molecular weight excluding hydrogens is 320 g/mol. The van der Waals surface area contributed by atoms with Crippen LogP contribution in [0.25, 0.3) is 0 Å². The van der Waals surface area contributed by atoms with E-state index in [0.29, 0.717) is 19.0 Å². The molecule has 0 radical (unpaired) electrons. The van der Waals surface area contributed by atoms with Crippen LogP contribution in [-0.4, -0.2) is 9.97 Å². The van der Waals surface area contributed by atoms with Gasteiger partial charge in [0.25, 0.3) is 0 Å². The smallest absolute Gasteiger partial charge is 0.224 e. The molecule has 122 valence electrons. The molecule has 0 saturated heterocycles. The average molecular weight is 339 g/mol. The molecule has 0 atom stereocenters. The Labute approximate surface area is 146 Å². The van der Waals surface area contributed by atoms with Crippen molar-refractivity contribution >= 4 is 23.4 Å². The van der Waals surface area contributed by atoms with Gasteiger partial charge in [-0.05, 0) is 35.7 Å². The van der Waals surface area contributed by atoms with Gasteiger partial charge in [-0.15, -0.1) is 0 Å². The second-order valence-corrected chi connectivity index (χ2v) is 5.90. The van der Waals surface area contributed by atoms with Crippen molar-refractivity contribution in [3.05, 3.63) is 82.5 Å². The summed E-state index contributed by atoms with van der Waals surface area (Å²) in [6, 6.07) is 17.9. The number of rotatable bonds is 6. The number of benzene rings is 2. The molecule has 0 saturated carbocycles. The Morgan fingerprint density at radius 2 is 1.58 bits per heavy atom. The van der Waals surface area contributed by atoms with Crippen LogP contribution in [0.3, 0.4) is 0 Å². The van der Waals surface area contributed by atoms with E-state index in [4.69, 9.17) is 11.6 Å². The van der Waals surface area contributed by atoms with Gasteiger partial charge in [-0.2, -0.15) is 4.98 Å². The second kappa shape index (κ2) is 7.79. The first-order valence-electron chi connectivity index (χ1n) is 7.81. The van der Waals surface area contributed by atoms with Crippen molar-refractivity contribution in [3.8, 4) is 0 Å². The first-order valence-corrected chi connectivity index (χ1v) is 8.19. The molecule has 2 N–H and O–H groups in total. The van der Waals surface area contributed by atoms with E-state index in [1.807, 2.05) is 42.5 Å². The van der Waals surface area contributed by atoms with E-state index in [9.17, 15) is 0 Å². The highest BCUT2D eigenvalue weighted by Crippen LogP contribution is 2.17. The van der Waals surface area contributed by atoms with E-state index in [0.717, 1.165) is 16.4 Å². The summed E-state index contributed by atoms with van der Waals surface area (Å²) in [5.74, 6) is 1.36. The van der Waals surface area contributed by atoms with E-state index in [1.165, 1.54) is 11.1 Å². The lowest BCUT2D eigenvalue weighted by Gasteiger charge is -2.10. The highest BCUT2D eigenvalue weighted by atomic mass is 35.5. The van der Waals surface area contributed by atoms with Gasteiger partial charge >= 0.3 is 0 Å². The third-order valence-corrected chi connectivity index (χ3v) is 4.14. The van der Waals surface area contributed by atoms with Crippen LogP contribution in [0, 0.1) is 6.92 Å². The summed E-state index contributed by atoms with van der Waals surface area (Å²) in [5.41, 5.74) is 3.51. The SMILES string of the molecule is Cc1ccccc1CNc1nccc(NCc2ccccc2Cl)n1. The minimum atomic E-state index is 0.599. The van der Waals surface area contributed by atoms with Gasteiger partial charge in [0.2, 0.25) is 5.95 Å². The number of anilines is 2. The van der Waals surface area contributed by atoms with Crippen molar-refractivity contribution in [2.75, 3.05) is 10.6 Å². The zero-order valence-corrected chi connectivity index (χ0v) is 14.2. The summed E-state index contributed by atoms with van der Waals surface area (Å²) >= 11 is 6.17. The maximum absolute atomic E-state index is 6.17. The van der Waals surface area contributed by atoms with Gasteiger partial charge < -0.3 is 10.6 Å². The molecule has 3 aromatic rings. The van der Waals surface area contributed by atoms with Gasteiger partial charge in [0.1, 0.15) is 5.82 Å². The van der Waals surface area contributed by atoms with Gasteiger partial charge in [0.15, 0.2) is 0 Å². The molecule has 0 aliphatic rings. The fraction of sp³-hybridized carbons (Fsp3) is 0.158. The molecule has 4 nitrogen and oxygen atoms in total. The van der Waals surface area contributed by atoms with Crippen LogP contribution in [0.2, 0.25) is 5.02 Å². The van der Waals surface area contributed by atoms with Crippen molar-refractivity contribution in [1.29, 1.82) is 0 Å². The van der Waals surface area contributed by atoms with E-state index in [1.54, 1.807) is 6.20 Å². The molecule has 0 aliphatic heterocycles. The molecule has 0 bridgehead atoms. The zero-order chi connectivity index (χ0) is 16.8. The third kappa shape index (κ3) is 4.24. The van der Waals surface area contributed by atoms with E-state index in [-0.39, 0.29) is 0 Å². The van der Waals surface area contributed by atoms with Crippen LogP contribution in [-0.2, 0) is 13.1 Å². The van der Waals surface area contributed by atoms with Gasteiger partial charge in [-0.1, -0.05) is 54.1 Å². The maximum Gasteiger partial charge on any atom is 0.224 e. The summed E-state index contributed by atoms with van der Waals surface area (Å²) < 4.78 is 0. The van der Waals surface area contributed by atoms with Crippen molar-refractivity contribution in [2.45, 2.75) is 20.0 Å². The summed E-state index contributed by atoms with van der Waals surface area (Å²) in [6.07, 6.45) is 1.74. The normalized spacial score (nSPS) is 10.4. The number of nitrogens with one attached hydrogen (secondary N) is 2. The van der Waals surface area contributed by atoms with Crippen molar-refractivity contribution in [3.63, 3.8) is 0 Å². The van der Waals surface area contributed by atoms with Crippen LogP contribution < -0.4 is 10.6 Å². The number of aryl methyl sites for hydroxylation is 1. The molecule has 24 heavy (non-hydrogen) atoms. The molecule has 0 fully saturated rings. The van der Waals surface area contributed by atoms with Crippen LogP contribution in [0.1, 0.15) is 16.7 Å². The van der Waals surface area contributed by atoms with Crippen molar-refractivity contribution in [1.82, 2.24) is 9.97 Å². The zero-order valence-electron chi connectivity index (χ0n) is 13.5. The number of aromatic nitrogens is 2.